The summed E-state index contributed by atoms with van der Waals surface area (Å²) < 4.78 is 33.1. The Labute approximate surface area is 162 Å². The van der Waals surface area contributed by atoms with Crippen molar-refractivity contribution in [2.45, 2.75) is 37.0 Å². The van der Waals surface area contributed by atoms with Crippen LogP contribution in [0.15, 0.2) is 23.1 Å². The van der Waals surface area contributed by atoms with Crippen LogP contribution in [-0.4, -0.2) is 49.9 Å². The number of ether oxygens (including phenoxy) is 1. The Hall–Kier alpha value is -1.55. The van der Waals surface area contributed by atoms with Crippen molar-refractivity contribution in [1.82, 2.24) is 9.29 Å². The predicted molar refractivity (Wildman–Crippen MR) is 104 cm³/mol. The van der Waals surface area contributed by atoms with E-state index in [4.69, 9.17) is 4.74 Å². The lowest BCUT2D eigenvalue weighted by Crippen LogP contribution is -2.40. The molecule has 9 heteroatoms. The molecule has 1 aromatic heterocycles. The summed E-state index contributed by atoms with van der Waals surface area (Å²) in [6, 6.07) is 4.93. The van der Waals surface area contributed by atoms with Crippen molar-refractivity contribution < 1.29 is 17.9 Å². The maximum Gasteiger partial charge on any atom is 0.243 e. The van der Waals surface area contributed by atoms with Crippen LogP contribution in [0.1, 0.15) is 32.1 Å². The number of morpholine rings is 1. The van der Waals surface area contributed by atoms with Gasteiger partial charge in [-0.2, -0.15) is 4.31 Å². The van der Waals surface area contributed by atoms with Gasteiger partial charge in [0.2, 0.25) is 15.9 Å². The third-order valence-electron chi connectivity index (χ3n) is 5.17. The maximum atomic E-state index is 12.8. The molecule has 1 saturated heterocycles. The molecule has 146 valence electrons. The number of aromatic nitrogens is 1. The van der Waals surface area contributed by atoms with E-state index in [0.717, 1.165) is 30.4 Å². The van der Waals surface area contributed by atoms with E-state index in [1.54, 1.807) is 18.2 Å². The van der Waals surface area contributed by atoms with E-state index in [2.05, 4.69) is 10.3 Å². The molecule has 2 aliphatic rings. The van der Waals surface area contributed by atoms with Crippen LogP contribution in [0.2, 0.25) is 0 Å². The van der Waals surface area contributed by atoms with Gasteiger partial charge in [-0.1, -0.05) is 30.6 Å². The number of hydrogen-bond acceptors (Lipinski definition) is 6. The van der Waals surface area contributed by atoms with Gasteiger partial charge in [0.25, 0.3) is 0 Å². The minimum absolute atomic E-state index is 0.0231. The van der Waals surface area contributed by atoms with Crippen LogP contribution in [0.5, 0.6) is 0 Å². The standard InChI is InChI=1S/C18H23N3O4S2/c22-17(13-4-2-1-3-5-13)20-18-19-15-7-6-14(12-16(15)26-18)27(23,24)21-8-10-25-11-9-21/h6-7,12-13H,1-5,8-11H2,(H,19,20,22). The second-order valence-electron chi connectivity index (χ2n) is 6.99. The van der Waals surface area contributed by atoms with Gasteiger partial charge in [-0.3, -0.25) is 4.79 Å². The molecular formula is C18H23N3O4S2. The Kier molecular flexibility index (Phi) is 5.45. The number of benzene rings is 1. The van der Waals surface area contributed by atoms with E-state index >= 15 is 0 Å². The predicted octanol–water partition coefficient (Wildman–Crippen LogP) is 2.84. The molecule has 0 spiro atoms. The molecule has 2 aromatic rings. The number of rotatable bonds is 4. The minimum atomic E-state index is -3.54. The Bertz CT molecular complexity index is 929. The van der Waals surface area contributed by atoms with Crippen molar-refractivity contribution in [3.8, 4) is 0 Å². The third kappa shape index (κ3) is 4.01. The Morgan fingerprint density at radius 3 is 2.67 bits per heavy atom. The number of carbonyl (C=O) groups excluding carboxylic acids is 1. The Morgan fingerprint density at radius 1 is 1.19 bits per heavy atom. The Balaban J connectivity index is 1.54. The molecule has 0 unspecified atom stereocenters. The number of thiazole rings is 1. The van der Waals surface area contributed by atoms with Gasteiger partial charge in [0.1, 0.15) is 0 Å². The maximum absolute atomic E-state index is 12.8. The number of sulfonamides is 1. The fourth-order valence-electron chi connectivity index (χ4n) is 3.63. The smallest absolute Gasteiger partial charge is 0.243 e. The first-order valence-electron chi connectivity index (χ1n) is 9.33. The molecule has 27 heavy (non-hydrogen) atoms. The summed E-state index contributed by atoms with van der Waals surface area (Å²) in [6.45, 7) is 1.57. The number of fused-ring (bicyclic) bond motifs is 1. The zero-order valence-corrected chi connectivity index (χ0v) is 16.7. The highest BCUT2D eigenvalue weighted by Crippen LogP contribution is 2.31. The molecular weight excluding hydrogens is 386 g/mol. The second-order valence-corrected chi connectivity index (χ2v) is 9.96. The van der Waals surface area contributed by atoms with Crippen LogP contribution in [0, 0.1) is 5.92 Å². The molecule has 2 fully saturated rings. The first-order valence-corrected chi connectivity index (χ1v) is 11.6. The molecule has 1 amide bonds. The zero-order chi connectivity index (χ0) is 18.9. The first kappa shape index (κ1) is 18.8. The fourth-order valence-corrected chi connectivity index (χ4v) is 6.04. The van der Waals surface area contributed by atoms with Crippen LogP contribution in [-0.2, 0) is 19.6 Å². The highest BCUT2D eigenvalue weighted by Gasteiger charge is 2.27. The van der Waals surface area contributed by atoms with Crippen LogP contribution < -0.4 is 5.32 Å². The molecule has 1 aliphatic heterocycles. The van der Waals surface area contributed by atoms with Crippen molar-refractivity contribution in [3.63, 3.8) is 0 Å². The van der Waals surface area contributed by atoms with E-state index in [0.29, 0.717) is 37.0 Å². The van der Waals surface area contributed by atoms with Crippen LogP contribution in [0.4, 0.5) is 5.13 Å². The molecule has 1 saturated carbocycles. The van der Waals surface area contributed by atoms with E-state index < -0.39 is 10.0 Å². The molecule has 1 N–H and O–H groups in total. The summed E-state index contributed by atoms with van der Waals surface area (Å²) in [5.41, 5.74) is 0.694. The summed E-state index contributed by atoms with van der Waals surface area (Å²) >= 11 is 1.32. The van der Waals surface area contributed by atoms with Gasteiger partial charge in [0.05, 0.1) is 28.3 Å². The summed E-state index contributed by atoms with van der Waals surface area (Å²) in [4.78, 5) is 17.1. The van der Waals surface area contributed by atoms with Crippen LogP contribution >= 0.6 is 11.3 Å². The summed E-state index contributed by atoms with van der Waals surface area (Å²) in [5.74, 6) is 0.0814. The molecule has 2 heterocycles. The fraction of sp³-hybridized carbons (Fsp3) is 0.556. The van der Waals surface area contributed by atoms with Gasteiger partial charge >= 0.3 is 0 Å². The quantitative estimate of drug-likeness (QED) is 0.839. The van der Waals surface area contributed by atoms with Crippen molar-refractivity contribution >= 4 is 42.6 Å². The lowest BCUT2D eigenvalue weighted by atomic mass is 9.89. The van der Waals surface area contributed by atoms with Crippen LogP contribution in [0.25, 0.3) is 10.2 Å². The van der Waals surface area contributed by atoms with E-state index in [1.807, 2.05) is 0 Å². The van der Waals surface area contributed by atoms with Crippen molar-refractivity contribution in [2.24, 2.45) is 5.92 Å². The number of hydrogen-bond donors (Lipinski definition) is 1. The van der Waals surface area contributed by atoms with Gasteiger partial charge < -0.3 is 10.1 Å². The van der Waals surface area contributed by atoms with Gasteiger partial charge in [0.15, 0.2) is 5.13 Å². The van der Waals surface area contributed by atoms with Crippen molar-refractivity contribution in [3.05, 3.63) is 18.2 Å². The van der Waals surface area contributed by atoms with E-state index in [-0.39, 0.29) is 16.7 Å². The Morgan fingerprint density at radius 2 is 1.93 bits per heavy atom. The van der Waals surface area contributed by atoms with Gasteiger partial charge in [0, 0.05) is 19.0 Å². The summed E-state index contributed by atoms with van der Waals surface area (Å²) in [5, 5.41) is 3.44. The molecule has 1 aromatic carbocycles. The van der Waals surface area contributed by atoms with Crippen molar-refractivity contribution in [1.29, 1.82) is 0 Å². The van der Waals surface area contributed by atoms with Crippen LogP contribution in [0.3, 0.4) is 0 Å². The number of nitrogens with one attached hydrogen (secondary N) is 1. The minimum Gasteiger partial charge on any atom is -0.379 e. The molecule has 0 radical (unpaired) electrons. The van der Waals surface area contributed by atoms with E-state index in [1.165, 1.54) is 22.1 Å². The first-order chi connectivity index (χ1) is 13.0. The highest BCUT2D eigenvalue weighted by atomic mass is 32.2. The number of amides is 1. The number of nitrogens with zero attached hydrogens (tertiary/aromatic N) is 2. The largest absolute Gasteiger partial charge is 0.379 e. The van der Waals surface area contributed by atoms with Gasteiger partial charge in [-0.25, -0.2) is 13.4 Å². The van der Waals surface area contributed by atoms with E-state index in [9.17, 15) is 13.2 Å². The lowest BCUT2D eigenvalue weighted by Gasteiger charge is -2.25. The lowest BCUT2D eigenvalue weighted by molar-refractivity contribution is -0.120. The monoisotopic (exact) mass is 409 g/mol. The van der Waals surface area contributed by atoms with Gasteiger partial charge in [-0.05, 0) is 31.0 Å². The summed E-state index contributed by atoms with van der Waals surface area (Å²) in [6.07, 6.45) is 5.25. The topological polar surface area (TPSA) is 88.6 Å². The zero-order valence-electron chi connectivity index (χ0n) is 15.0. The highest BCUT2D eigenvalue weighted by molar-refractivity contribution is 7.89. The second kappa shape index (κ2) is 7.83. The molecule has 4 rings (SSSR count). The third-order valence-corrected chi connectivity index (χ3v) is 8.00. The molecule has 0 bridgehead atoms. The SMILES string of the molecule is O=C(Nc1nc2ccc(S(=O)(=O)N3CCOCC3)cc2s1)C1CCCCC1. The van der Waals surface area contributed by atoms with Gasteiger partial charge in [-0.15, -0.1) is 0 Å². The molecule has 7 nitrogen and oxygen atoms in total. The molecule has 0 atom stereocenters. The average Bonchev–Trinajstić information content (AvgIpc) is 3.10. The number of carbonyl (C=O) groups is 1. The summed E-state index contributed by atoms with van der Waals surface area (Å²) in [7, 11) is -3.54. The average molecular weight is 410 g/mol. The normalized spacial score (nSPS) is 20.0. The van der Waals surface area contributed by atoms with Crippen molar-refractivity contribution in [2.75, 3.05) is 31.6 Å². The molecule has 1 aliphatic carbocycles. The number of anilines is 1.